The fraction of sp³-hybridized carbons (Fsp3) is 0.667. The Balaban J connectivity index is 2.97. The number of likely N-dealkylation sites (N-methyl/N-ethyl adjacent to an activating group) is 1. The van der Waals surface area contributed by atoms with Crippen molar-refractivity contribution in [2.45, 2.75) is 33.4 Å². The van der Waals surface area contributed by atoms with Crippen LogP contribution in [0.2, 0.25) is 0 Å². The Morgan fingerprint density at radius 1 is 1.47 bits per heavy atom. The van der Waals surface area contributed by atoms with Gasteiger partial charge in [-0.15, -0.1) is 0 Å². The van der Waals surface area contributed by atoms with Gasteiger partial charge >= 0.3 is 0 Å². The summed E-state index contributed by atoms with van der Waals surface area (Å²) in [5, 5.41) is 9.31. The van der Waals surface area contributed by atoms with E-state index in [-0.39, 0.29) is 5.56 Å². The Hall–Kier alpha value is -1.36. The molecule has 1 heterocycles. The van der Waals surface area contributed by atoms with Crippen LogP contribution in [0.3, 0.4) is 0 Å². The van der Waals surface area contributed by atoms with E-state index in [2.05, 4.69) is 18.8 Å². The van der Waals surface area contributed by atoms with E-state index in [1.54, 1.807) is 35.8 Å². The van der Waals surface area contributed by atoms with Crippen LogP contribution in [0.15, 0.2) is 17.2 Å². The number of hydrogen-bond acceptors (Lipinski definition) is 4. The Bertz CT molecular complexity index is 412. The van der Waals surface area contributed by atoms with Crippen LogP contribution < -0.4 is 10.5 Å². The molecule has 5 heteroatoms. The SMILES string of the molecule is CC(C)Cn1ccnc(N(C)CC(C)O)c1=O. The van der Waals surface area contributed by atoms with Crippen LogP contribution >= 0.6 is 0 Å². The highest BCUT2D eigenvalue weighted by atomic mass is 16.3. The third-order valence-electron chi connectivity index (χ3n) is 2.36. The number of nitrogens with zero attached hydrogens (tertiary/aromatic N) is 3. The van der Waals surface area contributed by atoms with Gasteiger partial charge in [0.2, 0.25) is 0 Å². The van der Waals surface area contributed by atoms with Crippen molar-refractivity contribution in [3.8, 4) is 0 Å². The third kappa shape index (κ3) is 3.85. The number of anilines is 1. The number of aliphatic hydroxyl groups is 1. The molecule has 0 fully saturated rings. The lowest BCUT2D eigenvalue weighted by Gasteiger charge is -2.20. The van der Waals surface area contributed by atoms with Crippen LogP contribution in [0.5, 0.6) is 0 Å². The summed E-state index contributed by atoms with van der Waals surface area (Å²) in [6.45, 7) is 6.88. The van der Waals surface area contributed by atoms with Gasteiger partial charge in [0.15, 0.2) is 5.82 Å². The van der Waals surface area contributed by atoms with Gasteiger partial charge in [-0.05, 0) is 12.8 Å². The molecule has 0 bridgehead atoms. The van der Waals surface area contributed by atoms with E-state index in [9.17, 15) is 9.90 Å². The number of aromatic nitrogens is 2. The predicted molar refractivity (Wildman–Crippen MR) is 68.3 cm³/mol. The summed E-state index contributed by atoms with van der Waals surface area (Å²) in [6, 6.07) is 0. The maximum Gasteiger partial charge on any atom is 0.293 e. The first-order chi connectivity index (χ1) is 7.91. The summed E-state index contributed by atoms with van der Waals surface area (Å²) in [6.07, 6.45) is 2.83. The van der Waals surface area contributed by atoms with Crippen LogP contribution in [-0.2, 0) is 6.54 Å². The molecule has 1 N–H and O–H groups in total. The van der Waals surface area contributed by atoms with E-state index < -0.39 is 6.10 Å². The Kier molecular flexibility index (Phi) is 4.69. The van der Waals surface area contributed by atoms with Gasteiger partial charge in [0.05, 0.1) is 6.10 Å². The highest BCUT2D eigenvalue weighted by Gasteiger charge is 2.12. The van der Waals surface area contributed by atoms with Crippen molar-refractivity contribution < 1.29 is 5.11 Å². The molecule has 5 nitrogen and oxygen atoms in total. The van der Waals surface area contributed by atoms with Crippen LogP contribution in [0, 0.1) is 5.92 Å². The minimum absolute atomic E-state index is 0.107. The minimum atomic E-state index is -0.486. The maximum absolute atomic E-state index is 12.1. The number of rotatable bonds is 5. The molecule has 1 unspecified atom stereocenters. The molecule has 0 aliphatic rings. The summed E-state index contributed by atoms with van der Waals surface area (Å²) in [5.74, 6) is 0.791. The maximum atomic E-state index is 12.1. The van der Waals surface area contributed by atoms with Crippen molar-refractivity contribution in [1.29, 1.82) is 0 Å². The van der Waals surface area contributed by atoms with Gasteiger partial charge in [0.25, 0.3) is 5.56 Å². The fourth-order valence-electron chi connectivity index (χ4n) is 1.72. The lowest BCUT2D eigenvalue weighted by atomic mass is 10.2. The zero-order valence-electron chi connectivity index (χ0n) is 10.9. The molecule has 0 aliphatic heterocycles. The third-order valence-corrected chi connectivity index (χ3v) is 2.36. The van der Waals surface area contributed by atoms with Gasteiger partial charge in [-0.25, -0.2) is 4.98 Å². The second-order valence-electron chi connectivity index (χ2n) is 4.83. The quantitative estimate of drug-likeness (QED) is 0.822. The van der Waals surface area contributed by atoms with Gasteiger partial charge in [-0.3, -0.25) is 4.79 Å². The van der Waals surface area contributed by atoms with Crippen molar-refractivity contribution in [1.82, 2.24) is 9.55 Å². The van der Waals surface area contributed by atoms with E-state index >= 15 is 0 Å². The average molecular weight is 239 g/mol. The summed E-state index contributed by atoms with van der Waals surface area (Å²) in [4.78, 5) is 17.9. The van der Waals surface area contributed by atoms with E-state index in [1.807, 2.05) is 0 Å². The number of hydrogen-bond donors (Lipinski definition) is 1. The van der Waals surface area contributed by atoms with Gasteiger partial charge in [0, 0.05) is 32.5 Å². The largest absolute Gasteiger partial charge is 0.392 e. The molecule has 0 amide bonds. The highest BCUT2D eigenvalue weighted by Crippen LogP contribution is 2.03. The van der Waals surface area contributed by atoms with Crippen LogP contribution in [0.4, 0.5) is 5.82 Å². The molecular weight excluding hydrogens is 218 g/mol. The molecule has 1 aromatic rings. The minimum Gasteiger partial charge on any atom is -0.392 e. The van der Waals surface area contributed by atoms with Crippen LogP contribution in [-0.4, -0.2) is 34.4 Å². The molecule has 1 rings (SSSR count). The Morgan fingerprint density at radius 3 is 2.65 bits per heavy atom. The molecule has 0 spiro atoms. The molecule has 0 saturated carbocycles. The lowest BCUT2D eigenvalue weighted by Crippen LogP contribution is -2.35. The summed E-state index contributed by atoms with van der Waals surface area (Å²) in [7, 11) is 1.76. The molecule has 1 atom stereocenters. The molecule has 0 aromatic carbocycles. The molecule has 0 saturated heterocycles. The molecular formula is C12H21N3O2. The zero-order chi connectivity index (χ0) is 13.0. The van der Waals surface area contributed by atoms with Crippen LogP contribution in [0.25, 0.3) is 0 Å². The van der Waals surface area contributed by atoms with E-state index in [1.165, 1.54) is 0 Å². The Morgan fingerprint density at radius 2 is 2.12 bits per heavy atom. The highest BCUT2D eigenvalue weighted by molar-refractivity contribution is 5.34. The second kappa shape index (κ2) is 5.82. The summed E-state index contributed by atoms with van der Waals surface area (Å²) >= 11 is 0. The van der Waals surface area contributed by atoms with E-state index in [0.29, 0.717) is 24.8 Å². The summed E-state index contributed by atoms with van der Waals surface area (Å²) < 4.78 is 1.66. The smallest absolute Gasteiger partial charge is 0.293 e. The van der Waals surface area contributed by atoms with Gasteiger partial charge < -0.3 is 14.6 Å². The lowest BCUT2D eigenvalue weighted by molar-refractivity contribution is 0.201. The van der Waals surface area contributed by atoms with Crippen molar-refractivity contribution in [3.63, 3.8) is 0 Å². The van der Waals surface area contributed by atoms with Crippen molar-refractivity contribution in [2.75, 3.05) is 18.5 Å². The fourth-order valence-corrected chi connectivity index (χ4v) is 1.72. The summed E-state index contributed by atoms with van der Waals surface area (Å²) in [5.41, 5.74) is -0.107. The van der Waals surface area contributed by atoms with Crippen LogP contribution in [0.1, 0.15) is 20.8 Å². The monoisotopic (exact) mass is 239 g/mol. The zero-order valence-corrected chi connectivity index (χ0v) is 10.9. The van der Waals surface area contributed by atoms with Gasteiger partial charge in [-0.2, -0.15) is 0 Å². The molecule has 0 radical (unpaired) electrons. The topological polar surface area (TPSA) is 58.4 Å². The van der Waals surface area contributed by atoms with E-state index in [4.69, 9.17) is 0 Å². The molecule has 17 heavy (non-hydrogen) atoms. The van der Waals surface area contributed by atoms with Gasteiger partial charge in [-0.1, -0.05) is 13.8 Å². The predicted octanol–water partition coefficient (Wildman–Crippen LogP) is 0.716. The first-order valence-corrected chi connectivity index (χ1v) is 5.86. The molecule has 1 aromatic heterocycles. The van der Waals surface area contributed by atoms with Crippen molar-refractivity contribution >= 4 is 5.82 Å². The first-order valence-electron chi connectivity index (χ1n) is 5.86. The van der Waals surface area contributed by atoms with Crippen molar-refractivity contribution in [3.05, 3.63) is 22.7 Å². The number of aliphatic hydroxyl groups excluding tert-OH is 1. The average Bonchev–Trinajstić information content (AvgIpc) is 2.19. The standard InChI is InChI=1S/C12H21N3O2/c1-9(2)7-15-6-5-13-11(12(15)17)14(4)8-10(3)16/h5-6,9-10,16H,7-8H2,1-4H3. The van der Waals surface area contributed by atoms with E-state index in [0.717, 1.165) is 0 Å². The normalized spacial score (nSPS) is 12.8. The van der Waals surface area contributed by atoms with Crippen molar-refractivity contribution in [2.24, 2.45) is 5.92 Å². The molecule has 96 valence electrons. The Labute approximate surface area is 102 Å². The van der Waals surface area contributed by atoms with Gasteiger partial charge in [0.1, 0.15) is 0 Å². The second-order valence-corrected chi connectivity index (χ2v) is 4.83. The first kappa shape index (κ1) is 13.7. The molecule has 0 aliphatic carbocycles.